The molecular weight excluding hydrogens is 447 g/mol. The fourth-order valence-electron chi connectivity index (χ4n) is 3.84. The summed E-state index contributed by atoms with van der Waals surface area (Å²) in [5.41, 5.74) is 3.04. The summed E-state index contributed by atoms with van der Waals surface area (Å²) in [5.74, 6) is 0.193. The summed E-state index contributed by atoms with van der Waals surface area (Å²) in [4.78, 5) is 27.6. The Bertz CT molecular complexity index is 974. The molecule has 2 aromatic carbocycles. The van der Waals surface area contributed by atoms with E-state index in [0.717, 1.165) is 42.4 Å². The number of amides is 2. The molecule has 0 spiro atoms. The van der Waals surface area contributed by atoms with Crippen LogP contribution in [0.15, 0.2) is 36.4 Å². The lowest BCUT2D eigenvalue weighted by Crippen LogP contribution is -2.50. The molecule has 0 saturated heterocycles. The number of nitrogens with zero attached hydrogens (tertiary/aromatic N) is 1. The van der Waals surface area contributed by atoms with Crippen molar-refractivity contribution in [2.45, 2.75) is 65.1 Å². The van der Waals surface area contributed by atoms with Gasteiger partial charge in [-0.25, -0.2) is 0 Å². The predicted octanol–water partition coefficient (Wildman–Crippen LogP) is 5.47. The highest BCUT2D eigenvalue weighted by atomic mass is 35.5. The van der Waals surface area contributed by atoms with Crippen LogP contribution < -0.4 is 10.1 Å². The first kappa shape index (κ1) is 24.4. The molecule has 0 heterocycles. The Kier molecular flexibility index (Phi) is 8.44. The van der Waals surface area contributed by atoms with Crippen LogP contribution in [-0.2, 0) is 16.1 Å². The first-order valence-electron chi connectivity index (χ1n) is 11.0. The number of aryl methyl sites for hydroxylation is 2. The molecule has 2 amide bonds. The molecule has 1 aliphatic carbocycles. The van der Waals surface area contributed by atoms with Crippen molar-refractivity contribution in [3.05, 3.63) is 63.1 Å². The second-order valence-corrected chi connectivity index (χ2v) is 9.29. The van der Waals surface area contributed by atoms with Crippen molar-refractivity contribution < 1.29 is 14.3 Å². The first-order valence-corrected chi connectivity index (χ1v) is 11.7. The second kappa shape index (κ2) is 11.1. The highest BCUT2D eigenvalue weighted by Crippen LogP contribution is 2.24. The van der Waals surface area contributed by atoms with Crippen molar-refractivity contribution in [1.82, 2.24) is 10.2 Å². The van der Waals surface area contributed by atoms with Gasteiger partial charge in [0.2, 0.25) is 5.91 Å². The molecule has 1 saturated carbocycles. The van der Waals surface area contributed by atoms with Gasteiger partial charge in [-0.05, 0) is 74.6 Å². The van der Waals surface area contributed by atoms with Crippen LogP contribution in [-0.4, -0.2) is 35.4 Å². The molecule has 7 heteroatoms. The summed E-state index contributed by atoms with van der Waals surface area (Å²) in [6.07, 6.45) is 4.20. The van der Waals surface area contributed by atoms with Gasteiger partial charge < -0.3 is 15.0 Å². The summed E-state index contributed by atoms with van der Waals surface area (Å²) < 4.78 is 5.76. The van der Waals surface area contributed by atoms with Gasteiger partial charge in [0.15, 0.2) is 6.61 Å². The average Bonchev–Trinajstić information content (AvgIpc) is 3.27. The minimum absolute atomic E-state index is 0.156. The zero-order chi connectivity index (χ0) is 23.3. The smallest absolute Gasteiger partial charge is 0.261 e. The zero-order valence-corrected chi connectivity index (χ0v) is 20.3. The Hall–Kier alpha value is -2.24. The molecule has 3 rings (SSSR count). The van der Waals surface area contributed by atoms with Gasteiger partial charge in [-0.2, -0.15) is 0 Å². The van der Waals surface area contributed by atoms with Gasteiger partial charge in [0.25, 0.3) is 5.91 Å². The molecule has 5 nitrogen and oxygen atoms in total. The van der Waals surface area contributed by atoms with Crippen LogP contribution in [0, 0.1) is 13.8 Å². The number of rotatable bonds is 8. The van der Waals surface area contributed by atoms with Gasteiger partial charge in [-0.1, -0.05) is 48.2 Å². The van der Waals surface area contributed by atoms with Crippen molar-refractivity contribution in [2.24, 2.45) is 0 Å². The Labute approximate surface area is 200 Å². The average molecular weight is 477 g/mol. The summed E-state index contributed by atoms with van der Waals surface area (Å²) in [7, 11) is 0. The number of hydrogen-bond donors (Lipinski definition) is 1. The summed E-state index contributed by atoms with van der Waals surface area (Å²) in [6.45, 7) is 5.83. The number of benzene rings is 2. The molecule has 1 unspecified atom stereocenters. The molecule has 0 bridgehead atoms. The third kappa shape index (κ3) is 6.39. The van der Waals surface area contributed by atoms with Crippen molar-refractivity contribution in [3.63, 3.8) is 0 Å². The van der Waals surface area contributed by atoms with Crippen LogP contribution in [0.3, 0.4) is 0 Å². The SMILES string of the molecule is Cc1ccc(OCC(=O)N(Cc2ccc(Cl)c(Cl)c2)C(C)C(=O)NC2CCCC2)cc1C. The number of hydrogen-bond acceptors (Lipinski definition) is 3. The fraction of sp³-hybridized carbons (Fsp3) is 0.440. The van der Waals surface area contributed by atoms with Crippen molar-refractivity contribution >= 4 is 35.0 Å². The number of carbonyl (C=O) groups excluding carboxylic acids is 2. The van der Waals surface area contributed by atoms with Crippen LogP contribution >= 0.6 is 23.2 Å². The monoisotopic (exact) mass is 476 g/mol. The van der Waals surface area contributed by atoms with E-state index in [1.165, 1.54) is 4.90 Å². The fourth-order valence-corrected chi connectivity index (χ4v) is 4.16. The van der Waals surface area contributed by atoms with Gasteiger partial charge >= 0.3 is 0 Å². The molecule has 0 aliphatic heterocycles. The standard InChI is InChI=1S/C25H30Cl2N2O3/c1-16-8-10-21(12-17(16)2)32-15-24(30)29(14-19-9-11-22(26)23(27)13-19)18(3)25(31)28-20-6-4-5-7-20/h8-13,18,20H,4-7,14-15H2,1-3H3,(H,28,31). The molecule has 1 N–H and O–H groups in total. The molecule has 32 heavy (non-hydrogen) atoms. The molecule has 172 valence electrons. The molecule has 1 aliphatic rings. The van der Waals surface area contributed by atoms with Gasteiger partial charge in [0, 0.05) is 12.6 Å². The maximum absolute atomic E-state index is 13.2. The first-order chi connectivity index (χ1) is 15.2. The Balaban J connectivity index is 1.74. The second-order valence-electron chi connectivity index (χ2n) is 8.47. The predicted molar refractivity (Wildman–Crippen MR) is 128 cm³/mol. The number of carbonyl (C=O) groups is 2. The van der Waals surface area contributed by atoms with E-state index in [9.17, 15) is 9.59 Å². The summed E-state index contributed by atoms with van der Waals surface area (Å²) in [5, 5.41) is 3.94. The lowest BCUT2D eigenvalue weighted by Gasteiger charge is -2.29. The van der Waals surface area contributed by atoms with Crippen LogP contribution in [0.1, 0.15) is 49.3 Å². The molecule has 0 radical (unpaired) electrons. The maximum atomic E-state index is 13.2. The highest BCUT2D eigenvalue weighted by Gasteiger charge is 2.29. The third-order valence-electron chi connectivity index (χ3n) is 6.05. The van der Waals surface area contributed by atoms with Crippen molar-refractivity contribution in [3.8, 4) is 5.75 Å². The van der Waals surface area contributed by atoms with E-state index >= 15 is 0 Å². The van der Waals surface area contributed by atoms with Crippen LogP contribution in [0.5, 0.6) is 5.75 Å². The maximum Gasteiger partial charge on any atom is 0.261 e. The van der Waals surface area contributed by atoms with Gasteiger partial charge in [-0.15, -0.1) is 0 Å². The van der Waals surface area contributed by atoms with E-state index in [4.69, 9.17) is 27.9 Å². The van der Waals surface area contributed by atoms with Gasteiger partial charge in [0.05, 0.1) is 10.0 Å². The molecule has 1 atom stereocenters. The van der Waals surface area contributed by atoms with E-state index < -0.39 is 6.04 Å². The van der Waals surface area contributed by atoms with Crippen LogP contribution in [0.25, 0.3) is 0 Å². The van der Waals surface area contributed by atoms with E-state index in [1.54, 1.807) is 25.1 Å². The van der Waals surface area contributed by atoms with Gasteiger partial charge in [0.1, 0.15) is 11.8 Å². The van der Waals surface area contributed by atoms with E-state index in [0.29, 0.717) is 15.8 Å². The topological polar surface area (TPSA) is 58.6 Å². The largest absolute Gasteiger partial charge is 0.484 e. The minimum Gasteiger partial charge on any atom is -0.484 e. The Morgan fingerprint density at radius 3 is 2.44 bits per heavy atom. The van der Waals surface area contributed by atoms with E-state index in [-0.39, 0.29) is 31.0 Å². The molecular formula is C25H30Cl2N2O3. The quantitative estimate of drug-likeness (QED) is 0.549. The van der Waals surface area contributed by atoms with Gasteiger partial charge in [-0.3, -0.25) is 9.59 Å². The van der Waals surface area contributed by atoms with E-state index in [1.807, 2.05) is 32.0 Å². The lowest BCUT2D eigenvalue weighted by atomic mass is 10.1. The summed E-state index contributed by atoms with van der Waals surface area (Å²) in [6, 6.07) is 10.4. The van der Waals surface area contributed by atoms with Crippen molar-refractivity contribution in [1.29, 1.82) is 0 Å². The highest BCUT2D eigenvalue weighted by molar-refractivity contribution is 6.42. The van der Waals surface area contributed by atoms with Crippen LogP contribution in [0.2, 0.25) is 10.0 Å². The van der Waals surface area contributed by atoms with Crippen LogP contribution in [0.4, 0.5) is 0 Å². The Morgan fingerprint density at radius 2 is 1.78 bits per heavy atom. The minimum atomic E-state index is -0.652. The number of halogens is 2. The third-order valence-corrected chi connectivity index (χ3v) is 6.79. The van der Waals surface area contributed by atoms with Crippen molar-refractivity contribution in [2.75, 3.05) is 6.61 Å². The zero-order valence-electron chi connectivity index (χ0n) is 18.8. The normalized spacial score (nSPS) is 14.8. The number of nitrogens with one attached hydrogen (secondary N) is 1. The molecule has 1 fully saturated rings. The lowest BCUT2D eigenvalue weighted by molar-refractivity contribution is -0.142. The molecule has 2 aromatic rings. The van der Waals surface area contributed by atoms with E-state index in [2.05, 4.69) is 5.32 Å². The summed E-state index contributed by atoms with van der Waals surface area (Å²) >= 11 is 12.2. The number of ether oxygens (including phenoxy) is 1. The Morgan fingerprint density at radius 1 is 1.06 bits per heavy atom. The molecule has 0 aromatic heterocycles.